The Morgan fingerprint density at radius 1 is 1.06 bits per heavy atom. The number of nitrogen functional groups attached to an aromatic ring is 1. The van der Waals surface area contributed by atoms with Crippen LogP contribution in [-0.2, 0) is 26.8 Å². The third-order valence-electron chi connectivity index (χ3n) is 4.92. The Kier molecular flexibility index (Phi) is 6.95. The molecule has 0 saturated carbocycles. The van der Waals surface area contributed by atoms with Gasteiger partial charge in [0.1, 0.15) is 42.2 Å². The van der Waals surface area contributed by atoms with E-state index < -0.39 is 0 Å². The summed E-state index contributed by atoms with van der Waals surface area (Å²) >= 11 is 5.92. The number of hydrogen-bond acceptors (Lipinski definition) is 6. The van der Waals surface area contributed by atoms with Crippen LogP contribution in [0.5, 0.6) is 11.5 Å². The number of nitrogens with one attached hydrogen (secondary N) is 1. The van der Waals surface area contributed by atoms with E-state index in [2.05, 4.69) is 15.3 Å². The van der Waals surface area contributed by atoms with Gasteiger partial charge in [0.15, 0.2) is 0 Å². The van der Waals surface area contributed by atoms with Gasteiger partial charge in [0.25, 0.3) is 0 Å². The molecule has 0 aliphatic carbocycles. The van der Waals surface area contributed by atoms with Gasteiger partial charge in [-0.05, 0) is 29.8 Å². The highest BCUT2D eigenvalue weighted by atomic mass is 35.5. The van der Waals surface area contributed by atoms with Gasteiger partial charge in [-0.2, -0.15) is 0 Å². The molecule has 2 heterocycles. The summed E-state index contributed by atoms with van der Waals surface area (Å²) in [4.78, 5) is 8.49. The molecule has 9 heteroatoms. The summed E-state index contributed by atoms with van der Waals surface area (Å²) in [7, 11) is 1.90. The Hall–Kier alpha value is -3.78. The molecule has 0 atom stereocenters. The maximum atomic E-state index is 14.0. The van der Waals surface area contributed by atoms with Gasteiger partial charge in [-0.1, -0.05) is 29.8 Å². The summed E-state index contributed by atoms with van der Waals surface area (Å²) in [6.45, 7) is 0.793. The van der Waals surface area contributed by atoms with Crippen molar-refractivity contribution in [2.45, 2.75) is 19.8 Å². The van der Waals surface area contributed by atoms with Gasteiger partial charge in [0.05, 0.1) is 10.7 Å². The Balaban J connectivity index is 1.52. The molecule has 0 bridgehead atoms. The second kappa shape index (κ2) is 10.2. The summed E-state index contributed by atoms with van der Waals surface area (Å²) in [5, 5.41) is 3.65. The summed E-state index contributed by atoms with van der Waals surface area (Å²) in [6, 6.07) is 13.6. The van der Waals surface area contributed by atoms with Crippen LogP contribution in [-0.4, -0.2) is 14.5 Å². The molecule has 0 aliphatic heterocycles. The first kappa shape index (κ1) is 22.4. The van der Waals surface area contributed by atoms with Crippen molar-refractivity contribution < 1.29 is 13.9 Å². The predicted molar refractivity (Wildman–Crippen MR) is 126 cm³/mol. The van der Waals surface area contributed by atoms with Gasteiger partial charge in [-0.3, -0.25) is 0 Å². The summed E-state index contributed by atoms with van der Waals surface area (Å²) in [6.07, 6.45) is 5.09. The average molecular weight is 468 g/mol. The highest BCUT2D eigenvalue weighted by Crippen LogP contribution is 2.26. The van der Waals surface area contributed by atoms with E-state index in [1.54, 1.807) is 36.5 Å². The van der Waals surface area contributed by atoms with Crippen LogP contribution in [0.25, 0.3) is 0 Å². The van der Waals surface area contributed by atoms with E-state index in [1.807, 2.05) is 29.9 Å². The van der Waals surface area contributed by atoms with E-state index in [4.69, 9.17) is 26.8 Å². The van der Waals surface area contributed by atoms with Gasteiger partial charge < -0.3 is 25.1 Å². The Morgan fingerprint density at radius 2 is 1.82 bits per heavy atom. The zero-order valence-corrected chi connectivity index (χ0v) is 18.7. The second-order valence-electron chi connectivity index (χ2n) is 7.38. The van der Waals surface area contributed by atoms with Crippen molar-refractivity contribution in [3.05, 3.63) is 94.9 Å². The number of halogens is 2. The molecule has 0 fully saturated rings. The molecule has 0 unspecified atom stereocenters. The largest absolute Gasteiger partial charge is 0.489 e. The number of ether oxygens (including phenoxy) is 2. The molecule has 170 valence electrons. The number of nitrogens with zero attached hydrogens (tertiary/aromatic N) is 3. The number of nitrogens with two attached hydrogens (primary N) is 1. The molecule has 0 spiro atoms. The molecule has 3 N–H and O–H groups in total. The third kappa shape index (κ3) is 5.93. The van der Waals surface area contributed by atoms with Gasteiger partial charge in [-0.25, -0.2) is 14.4 Å². The fourth-order valence-corrected chi connectivity index (χ4v) is 3.31. The van der Waals surface area contributed by atoms with Crippen LogP contribution in [0.3, 0.4) is 0 Å². The van der Waals surface area contributed by atoms with E-state index in [1.165, 1.54) is 12.3 Å². The van der Waals surface area contributed by atoms with Gasteiger partial charge in [0.2, 0.25) is 0 Å². The molecule has 0 saturated heterocycles. The number of hydrogen-bond donors (Lipinski definition) is 2. The molecule has 33 heavy (non-hydrogen) atoms. The topological polar surface area (TPSA) is 87.2 Å². The van der Waals surface area contributed by atoms with E-state index >= 15 is 0 Å². The minimum Gasteiger partial charge on any atom is -0.489 e. The van der Waals surface area contributed by atoms with E-state index in [0.29, 0.717) is 46.7 Å². The number of anilines is 2. The summed E-state index contributed by atoms with van der Waals surface area (Å²) < 4.78 is 27.7. The van der Waals surface area contributed by atoms with Gasteiger partial charge in [0, 0.05) is 43.8 Å². The third-order valence-corrected chi connectivity index (χ3v) is 5.13. The van der Waals surface area contributed by atoms with Crippen molar-refractivity contribution in [2.24, 2.45) is 7.05 Å². The lowest BCUT2D eigenvalue weighted by Gasteiger charge is -2.14. The Bertz CT molecular complexity index is 1250. The lowest BCUT2D eigenvalue weighted by atomic mass is 10.2. The maximum Gasteiger partial charge on any atom is 0.149 e. The molecule has 0 aliphatic rings. The monoisotopic (exact) mass is 467 g/mol. The number of imidazole rings is 1. The molecular formula is C24H23ClFN5O2. The van der Waals surface area contributed by atoms with Crippen molar-refractivity contribution in [3.63, 3.8) is 0 Å². The summed E-state index contributed by atoms with van der Waals surface area (Å²) in [5.74, 6) is 2.13. The van der Waals surface area contributed by atoms with Gasteiger partial charge >= 0.3 is 0 Å². The lowest BCUT2D eigenvalue weighted by molar-refractivity contribution is 0.279. The normalized spacial score (nSPS) is 10.8. The highest BCUT2D eigenvalue weighted by molar-refractivity contribution is 6.30. The van der Waals surface area contributed by atoms with Crippen molar-refractivity contribution in [3.8, 4) is 11.5 Å². The molecular weight excluding hydrogens is 445 g/mol. The highest BCUT2D eigenvalue weighted by Gasteiger charge is 2.09. The number of aryl methyl sites for hydroxylation is 1. The van der Waals surface area contributed by atoms with Crippen molar-refractivity contribution in [2.75, 3.05) is 11.1 Å². The van der Waals surface area contributed by atoms with Crippen LogP contribution in [0.2, 0.25) is 5.02 Å². The van der Waals surface area contributed by atoms with Crippen LogP contribution in [0, 0.1) is 5.82 Å². The van der Waals surface area contributed by atoms with Crippen LogP contribution in [0.15, 0.2) is 67.1 Å². The Morgan fingerprint density at radius 3 is 2.52 bits per heavy atom. The zero-order chi connectivity index (χ0) is 23.2. The maximum absolute atomic E-state index is 14.0. The molecule has 2 aromatic heterocycles. The molecule has 4 rings (SSSR count). The smallest absolute Gasteiger partial charge is 0.149 e. The molecule has 0 radical (unpaired) electrons. The average Bonchev–Trinajstić information content (AvgIpc) is 3.21. The first-order valence-corrected chi connectivity index (χ1v) is 10.6. The number of rotatable bonds is 9. The SMILES string of the molecule is Cn1ccnc1COc1cc(CNc2ncc(Cl)cc2N)cc(OCc2ccccc2F)c1. The second-order valence-corrected chi connectivity index (χ2v) is 7.82. The standard InChI is InChI=1S/C24H23ClFN5O2/c1-31-7-6-28-23(31)15-33-20-9-16(12-29-24-22(27)10-18(25)13-30-24)8-19(11-20)32-14-17-4-2-3-5-21(17)26/h2-11,13H,12,14-15,27H2,1H3,(H,29,30). The van der Waals surface area contributed by atoms with E-state index in [9.17, 15) is 4.39 Å². The summed E-state index contributed by atoms with van der Waals surface area (Å²) in [5.41, 5.74) is 7.76. The van der Waals surface area contributed by atoms with E-state index in [-0.39, 0.29) is 12.4 Å². The van der Waals surface area contributed by atoms with Crippen LogP contribution in [0.1, 0.15) is 17.0 Å². The first-order valence-electron chi connectivity index (χ1n) is 10.2. The fraction of sp³-hybridized carbons (Fsp3) is 0.167. The predicted octanol–water partition coefficient (Wildman–Crippen LogP) is 4.96. The number of aromatic nitrogens is 3. The van der Waals surface area contributed by atoms with Crippen LogP contribution in [0.4, 0.5) is 15.9 Å². The van der Waals surface area contributed by atoms with Gasteiger partial charge in [-0.15, -0.1) is 0 Å². The Labute approximate surface area is 196 Å². The minimum absolute atomic E-state index is 0.0913. The molecule has 0 amide bonds. The number of benzene rings is 2. The minimum atomic E-state index is -0.314. The van der Waals surface area contributed by atoms with Crippen molar-refractivity contribution in [1.82, 2.24) is 14.5 Å². The van der Waals surface area contributed by atoms with Crippen LogP contribution >= 0.6 is 11.6 Å². The fourth-order valence-electron chi connectivity index (χ4n) is 3.15. The number of pyridine rings is 1. The van der Waals surface area contributed by atoms with E-state index in [0.717, 1.165) is 11.4 Å². The molecule has 7 nitrogen and oxygen atoms in total. The van der Waals surface area contributed by atoms with Crippen molar-refractivity contribution >= 4 is 23.1 Å². The molecule has 2 aromatic carbocycles. The first-order chi connectivity index (χ1) is 16.0. The lowest BCUT2D eigenvalue weighted by Crippen LogP contribution is -2.07. The quantitative estimate of drug-likeness (QED) is 0.362. The zero-order valence-electron chi connectivity index (χ0n) is 18.0. The molecule has 4 aromatic rings. The van der Waals surface area contributed by atoms with Crippen molar-refractivity contribution in [1.29, 1.82) is 0 Å². The van der Waals surface area contributed by atoms with Crippen LogP contribution < -0.4 is 20.5 Å².